The number of aromatic nitrogens is 2. The second-order valence-electron chi connectivity index (χ2n) is 2.98. The molecule has 1 N–H and O–H groups in total. The molecule has 0 aliphatic heterocycles. The zero-order valence-electron chi connectivity index (χ0n) is 8.14. The van der Waals surface area contributed by atoms with Crippen LogP contribution in [0.15, 0.2) is 10.6 Å². The molecule has 78 valence electrons. The van der Waals surface area contributed by atoms with Gasteiger partial charge in [0.1, 0.15) is 5.52 Å². The maximum Gasteiger partial charge on any atom is 0.360 e. The number of rotatable bonds is 2. The number of carboxylic acids is 1. The van der Waals surface area contributed by atoms with Gasteiger partial charge in [-0.05, 0) is 6.92 Å². The number of carboxylic acid groups (broad SMARTS) is 1. The van der Waals surface area contributed by atoms with Crippen molar-refractivity contribution in [1.82, 2.24) is 10.1 Å². The number of aromatic carboxylic acids is 1. The average Bonchev–Trinajstić information content (AvgIpc) is 2.59. The van der Waals surface area contributed by atoms with Crippen molar-refractivity contribution in [3.05, 3.63) is 17.5 Å². The van der Waals surface area contributed by atoms with Gasteiger partial charge in [0, 0.05) is 11.8 Å². The molecular formula is C9H8N2O4. The van der Waals surface area contributed by atoms with Crippen LogP contribution >= 0.6 is 0 Å². The summed E-state index contributed by atoms with van der Waals surface area (Å²) < 4.78 is 9.90. The molecule has 0 atom stereocenters. The highest BCUT2D eigenvalue weighted by Gasteiger charge is 2.19. The average molecular weight is 208 g/mol. The molecule has 2 aromatic rings. The van der Waals surface area contributed by atoms with Gasteiger partial charge in [-0.25, -0.2) is 9.78 Å². The molecule has 15 heavy (non-hydrogen) atoms. The molecule has 0 unspecified atom stereocenters. The lowest BCUT2D eigenvalue weighted by Gasteiger charge is -1.99. The third-order valence-electron chi connectivity index (χ3n) is 1.94. The number of hydrogen-bond donors (Lipinski definition) is 1. The second-order valence-corrected chi connectivity index (χ2v) is 2.98. The number of hydrogen-bond acceptors (Lipinski definition) is 5. The summed E-state index contributed by atoms with van der Waals surface area (Å²) in [4.78, 5) is 14.8. The third kappa shape index (κ3) is 1.39. The molecule has 6 heteroatoms. The smallest absolute Gasteiger partial charge is 0.360 e. The van der Waals surface area contributed by atoms with E-state index in [0.717, 1.165) is 0 Å². The van der Waals surface area contributed by atoms with Crippen LogP contribution in [0.4, 0.5) is 0 Å². The van der Waals surface area contributed by atoms with Gasteiger partial charge in [-0.15, -0.1) is 0 Å². The van der Waals surface area contributed by atoms with Gasteiger partial charge in [-0.3, -0.25) is 0 Å². The zero-order valence-corrected chi connectivity index (χ0v) is 8.14. The van der Waals surface area contributed by atoms with E-state index in [4.69, 9.17) is 14.4 Å². The molecule has 0 spiro atoms. The van der Waals surface area contributed by atoms with Crippen LogP contribution in [0.2, 0.25) is 0 Å². The van der Waals surface area contributed by atoms with Gasteiger partial charge in [0.2, 0.25) is 11.3 Å². The number of pyridine rings is 1. The fraction of sp³-hybridized carbons (Fsp3) is 0.222. The van der Waals surface area contributed by atoms with Crippen LogP contribution in [0.5, 0.6) is 5.75 Å². The minimum atomic E-state index is -1.17. The van der Waals surface area contributed by atoms with Crippen molar-refractivity contribution >= 4 is 17.1 Å². The molecule has 0 bridgehead atoms. The van der Waals surface area contributed by atoms with Gasteiger partial charge in [0.05, 0.1) is 7.11 Å². The van der Waals surface area contributed by atoms with Crippen LogP contribution in [-0.4, -0.2) is 28.3 Å². The molecule has 0 aliphatic rings. The Kier molecular flexibility index (Phi) is 2.03. The van der Waals surface area contributed by atoms with Crippen molar-refractivity contribution in [2.45, 2.75) is 6.92 Å². The summed E-state index contributed by atoms with van der Waals surface area (Å²) in [6.45, 7) is 1.74. The Balaban J connectivity index is 2.80. The van der Waals surface area contributed by atoms with Crippen molar-refractivity contribution in [3.8, 4) is 5.75 Å². The molecule has 2 heterocycles. The number of methoxy groups -OCH3 is 1. The Bertz CT molecular complexity index is 532. The second kappa shape index (κ2) is 3.23. The Morgan fingerprint density at radius 3 is 2.93 bits per heavy atom. The lowest BCUT2D eigenvalue weighted by atomic mass is 10.2. The fourth-order valence-electron chi connectivity index (χ4n) is 1.31. The highest BCUT2D eigenvalue weighted by Crippen LogP contribution is 2.27. The standard InChI is InChI=1S/C9H8N2O4/c1-4-3-5(14-2)8-6(10-4)7(9(12)13)11-15-8/h3H,1-2H3,(H,12,13). The molecule has 2 rings (SSSR count). The van der Waals surface area contributed by atoms with Crippen molar-refractivity contribution < 1.29 is 19.2 Å². The largest absolute Gasteiger partial charge is 0.493 e. The molecule has 0 radical (unpaired) electrons. The van der Waals surface area contributed by atoms with Crippen LogP contribution in [0, 0.1) is 6.92 Å². The summed E-state index contributed by atoms with van der Waals surface area (Å²) in [6.07, 6.45) is 0. The summed E-state index contributed by atoms with van der Waals surface area (Å²) in [5, 5.41) is 12.3. The quantitative estimate of drug-likeness (QED) is 0.798. The van der Waals surface area contributed by atoms with E-state index >= 15 is 0 Å². The number of carbonyl (C=O) groups is 1. The first-order valence-electron chi connectivity index (χ1n) is 4.17. The first-order valence-corrected chi connectivity index (χ1v) is 4.17. The van der Waals surface area contributed by atoms with Gasteiger partial charge in [-0.1, -0.05) is 5.16 Å². The number of fused-ring (bicyclic) bond motifs is 1. The Labute approximate surface area is 84.5 Å². The van der Waals surface area contributed by atoms with Gasteiger partial charge in [0.15, 0.2) is 5.75 Å². The molecule has 0 amide bonds. The van der Waals surface area contributed by atoms with Crippen molar-refractivity contribution in [2.24, 2.45) is 0 Å². The normalized spacial score (nSPS) is 10.5. The fourth-order valence-corrected chi connectivity index (χ4v) is 1.31. The summed E-state index contributed by atoms with van der Waals surface area (Å²) >= 11 is 0. The lowest BCUT2D eigenvalue weighted by Crippen LogP contribution is -1.98. The van der Waals surface area contributed by atoms with Gasteiger partial charge < -0.3 is 14.4 Å². The third-order valence-corrected chi connectivity index (χ3v) is 1.94. The number of ether oxygens (including phenoxy) is 1. The van der Waals surface area contributed by atoms with E-state index in [1.165, 1.54) is 7.11 Å². The van der Waals surface area contributed by atoms with Crippen LogP contribution < -0.4 is 4.74 Å². The topological polar surface area (TPSA) is 85.5 Å². The van der Waals surface area contributed by atoms with Crippen LogP contribution in [-0.2, 0) is 0 Å². The summed E-state index contributed by atoms with van der Waals surface area (Å²) in [5.74, 6) is -0.744. The van der Waals surface area contributed by atoms with Gasteiger partial charge in [0.25, 0.3) is 0 Å². The molecule has 0 saturated carbocycles. The predicted octanol–water partition coefficient (Wildman–Crippen LogP) is 1.24. The van der Waals surface area contributed by atoms with E-state index in [-0.39, 0.29) is 16.8 Å². The Hall–Kier alpha value is -2.11. The first kappa shape index (κ1) is 9.45. The summed E-state index contributed by atoms with van der Waals surface area (Å²) in [6, 6.07) is 1.65. The van der Waals surface area contributed by atoms with Crippen molar-refractivity contribution in [1.29, 1.82) is 0 Å². The summed E-state index contributed by atoms with van der Waals surface area (Å²) in [7, 11) is 1.47. The van der Waals surface area contributed by atoms with E-state index in [9.17, 15) is 4.79 Å². The maximum absolute atomic E-state index is 10.8. The van der Waals surface area contributed by atoms with E-state index < -0.39 is 5.97 Å². The first-order chi connectivity index (χ1) is 7.13. The SMILES string of the molecule is COc1cc(C)nc2c(C(=O)O)noc12. The van der Waals surface area contributed by atoms with Crippen molar-refractivity contribution in [2.75, 3.05) is 7.11 Å². The van der Waals surface area contributed by atoms with Crippen LogP contribution in [0.1, 0.15) is 16.2 Å². The molecule has 6 nitrogen and oxygen atoms in total. The minimum Gasteiger partial charge on any atom is -0.493 e. The maximum atomic E-state index is 10.8. The number of nitrogens with zero attached hydrogens (tertiary/aromatic N) is 2. The molecule has 2 aromatic heterocycles. The Morgan fingerprint density at radius 1 is 1.60 bits per heavy atom. The highest BCUT2D eigenvalue weighted by atomic mass is 16.5. The molecule has 0 aliphatic carbocycles. The summed E-state index contributed by atoms with van der Waals surface area (Å²) in [5.41, 5.74) is 0.900. The Morgan fingerprint density at radius 2 is 2.33 bits per heavy atom. The van der Waals surface area contributed by atoms with Crippen LogP contribution in [0.3, 0.4) is 0 Å². The molecular weight excluding hydrogens is 200 g/mol. The zero-order chi connectivity index (χ0) is 11.0. The van der Waals surface area contributed by atoms with Gasteiger partial charge in [-0.2, -0.15) is 0 Å². The lowest BCUT2D eigenvalue weighted by molar-refractivity contribution is 0.0687. The predicted molar refractivity (Wildman–Crippen MR) is 50.1 cm³/mol. The van der Waals surface area contributed by atoms with E-state index in [1.54, 1.807) is 13.0 Å². The molecule has 0 fully saturated rings. The monoisotopic (exact) mass is 208 g/mol. The van der Waals surface area contributed by atoms with Crippen molar-refractivity contribution in [3.63, 3.8) is 0 Å². The highest BCUT2D eigenvalue weighted by molar-refractivity contribution is 5.99. The number of aryl methyl sites for hydroxylation is 1. The van der Waals surface area contributed by atoms with E-state index in [1.807, 2.05) is 0 Å². The van der Waals surface area contributed by atoms with E-state index in [2.05, 4.69) is 10.1 Å². The minimum absolute atomic E-state index is 0.202. The molecule has 0 aromatic carbocycles. The van der Waals surface area contributed by atoms with Crippen LogP contribution in [0.25, 0.3) is 11.1 Å². The van der Waals surface area contributed by atoms with E-state index in [0.29, 0.717) is 11.4 Å². The van der Waals surface area contributed by atoms with Gasteiger partial charge >= 0.3 is 5.97 Å². The molecule has 0 saturated heterocycles.